The molecule has 1 fully saturated rings. The third kappa shape index (κ3) is 1.74. The summed E-state index contributed by atoms with van der Waals surface area (Å²) in [7, 11) is 1.99. The smallest absolute Gasteiger partial charge is 0.0448 e. The summed E-state index contributed by atoms with van der Waals surface area (Å²) in [6.45, 7) is 2.51. The van der Waals surface area contributed by atoms with Gasteiger partial charge in [-0.15, -0.1) is 0 Å². The normalized spacial score (nSPS) is 24.3. The van der Waals surface area contributed by atoms with Gasteiger partial charge >= 0.3 is 0 Å². The second-order valence-corrected chi connectivity index (χ2v) is 3.77. The highest BCUT2D eigenvalue weighted by atomic mass is 16.3. The van der Waals surface area contributed by atoms with Crippen LogP contribution in [-0.4, -0.2) is 24.3 Å². The van der Waals surface area contributed by atoms with Crippen LogP contribution in [0.4, 0.5) is 0 Å². The predicted octanol–water partition coefficient (Wildman–Crippen LogP) is 1.15. The molecule has 0 heterocycles. The Morgan fingerprint density at radius 3 is 2.45 bits per heavy atom. The van der Waals surface area contributed by atoms with Gasteiger partial charge in [-0.25, -0.2) is 0 Å². The average molecular weight is 157 g/mol. The minimum absolute atomic E-state index is 0.188. The van der Waals surface area contributed by atoms with E-state index in [-0.39, 0.29) is 5.54 Å². The zero-order chi connectivity index (χ0) is 8.32. The van der Waals surface area contributed by atoms with Crippen molar-refractivity contribution in [1.29, 1.82) is 0 Å². The molecule has 1 aliphatic carbocycles. The minimum atomic E-state index is 0.188. The van der Waals surface area contributed by atoms with Crippen LogP contribution in [0.3, 0.4) is 0 Å². The molecule has 1 atom stereocenters. The molecule has 0 aromatic carbocycles. The van der Waals surface area contributed by atoms with Gasteiger partial charge in [0.25, 0.3) is 0 Å². The van der Waals surface area contributed by atoms with Crippen LogP contribution < -0.4 is 5.32 Å². The Hall–Kier alpha value is -0.0800. The second-order valence-electron chi connectivity index (χ2n) is 3.77. The number of aliphatic hydroxyl groups is 1. The summed E-state index contributed by atoms with van der Waals surface area (Å²) in [4.78, 5) is 0. The number of rotatable bonds is 4. The van der Waals surface area contributed by atoms with Crippen molar-refractivity contribution in [2.75, 3.05) is 13.7 Å². The van der Waals surface area contributed by atoms with E-state index in [2.05, 4.69) is 12.2 Å². The van der Waals surface area contributed by atoms with Gasteiger partial charge in [0, 0.05) is 12.1 Å². The molecule has 0 aliphatic heterocycles. The first-order chi connectivity index (χ1) is 5.23. The Balaban J connectivity index is 2.43. The van der Waals surface area contributed by atoms with Crippen LogP contribution >= 0.6 is 0 Å². The van der Waals surface area contributed by atoms with Gasteiger partial charge in [-0.05, 0) is 39.2 Å². The SMILES string of the molecule is CNC(C)(CCO)C1CCC1. The lowest BCUT2D eigenvalue weighted by Gasteiger charge is -2.42. The molecule has 0 amide bonds. The summed E-state index contributed by atoms with van der Waals surface area (Å²) < 4.78 is 0. The fraction of sp³-hybridized carbons (Fsp3) is 1.00. The van der Waals surface area contributed by atoms with Crippen LogP contribution in [-0.2, 0) is 0 Å². The lowest BCUT2D eigenvalue weighted by atomic mass is 9.70. The van der Waals surface area contributed by atoms with E-state index in [4.69, 9.17) is 5.11 Å². The van der Waals surface area contributed by atoms with Crippen LogP contribution in [0.5, 0.6) is 0 Å². The topological polar surface area (TPSA) is 32.3 Å². The van der Waals surface area contributed by atoms with Crippen molar-refractivity contribution in [3.63, 3.8) is 0 Å². The molecule has 66 valence electrons. The van der Waals surface area contributed by atoms with Gasteiger partial charge in [-0.2, -0.15) is 0 Å². The predicted molar refractivity (Wildman–Crippen MR) is 46.5 cm³/mol. The van der Waals surface area contributed by atoms with Gasteiger partial charge in [0.05, 0.1) is 0 Å². The standard InChI is InChI=1S/C9H19NO/c1-9(10-2,6-7-11)8-4-3-5-8/h8,10-11H,3-7H2,1-2H3. The quantitative estimate of drug-likeness (QED) is 0.641. The van der Waals surface area contributed by atoms with E-state index >= 15 is 0 Å². The summed E-state index contributed by atoms with van der Waals surface area (Å²) >= 11 is 0. The minimum Gasteiger partial charge on any atom is -0.396 e. The van der Waals surface area contributed by atoms with Gasteiger partial charge in [-0.3, -0.25) is 0 Å². The van der Waals surface area contributed by atoms with Crippen LogP contribution in [0, 0.1) is 5.92 Å². The van der Waals surface area contributed by atoms with E-state index in [9.17, 15) is 0 Å². The summed E-state index contributed by atoms with van der Waals surface area (Å²) in [5.74, 6) is 0.791. The maximum atomic E-state index is 8.86. The highest BCUT2D eigenvalue weighted by molar-refractivity contribution is 4.93. The van der Waals surface area contributed by atoms with Crippen molar-refractivity contribution in [3.05, 3.63) is 0 Å². The van der Waals surface area contributed by atoms with Crippen LogP contribution in [0.15, 0.2) is 0 Å². The van der Waals surface area contributed by atoms with Crippen LogP contribution in [0.25, 0.3) is 0 Å². The summed E-state index contributed by atoms with van der Waals surface area (Å²) in [5, 5.41) is 12.2. The molecule has 0 bridgehead atoms. The molecule has 2 nitrogen and oxygen atoms in total. The van der Waals surface area contributed by atoms with Crippen LogP contribution in [0.1, 0.15) is 32.6 Å². The fourth-order valence-corrected chi connectivity index (χ4v) is 1.81. The Morgan fingerprint density at radius 1 is 1.55 bits per heavy atom. The first-order valence-corrected chi connectivity index (χ1v) is 4.52. The van der Waals surface area contributed by atoms with E-state index in [1.54, 1.807) is 0 Å². The number of aliphatic hydroxyl groups excluding tert-OH is 1. The molecule has 1 rings (SSSR count). The van der Waals surface area contributed by atoms with E-state index in [0.29, 0.717) is 6.61 Å². The Bertz CT molecular complexity index is 123. The first-order valence-electron chi connectivity index (χ1n) is 4.52. The number of nitrogens with one attached hydrogen (secondary N) is 1. The van der Waals surface area contributed by atoms with Crippen molar-refractivity contribution in [3.8, 4) is 0 Å². The molecule has 0 spiro atoms. The van der Waals surface area contributed by atoms with E-state index in [0.717, 1.165) is 12.3 Å². The zero-order valence-corrected chi connectivity index (χ0v) is 7.56. The molecule has 1 saturated carbocycles. The molecule has 2 heteroatoms. The zero-order valence-electron chi connectivity index (χ0n) is 7.56. The second kappa shape index (κ2) is 3.55. The maximum Gasteiger partial charge on any atom is 0.0448 e. The van der Waals surface area contributed by atoms with Gasteiger partial charge < -0.3 is 10.4 Å². The first kappa shape index (κ1) is 9.01. The molecule has 11 heavy (non-hydrogen) atoms. The highest BCUT2D eigenvalue weighted by Crippen LogP contribution is 2.37. The Morgan fingerprint density at radius 2 is 2.18 bits per heavy atom. The summed E-state index contributed by atoms with van der Waals surface area (Å²) in [6.07, 6.45) is 4.91. The van der Waals surface area contributed by atoms with Crippen molar-refractivity contribution < 1.29 is 5.11 Å². The van der Waals surface area contributed by atoms with Gasteiger partial charge in [-0.1, -0.05) is 6.42 Å². The lowest BCUT2D eigenvalue weighted by molar-refractivity contribution is 0.115. The molecular weight excluding hydrogens is 138 g/mol. The van der Waals surface area contributed by atoms with Gasteiger partial charge in [0.2, 0.25) is 0 Å². The molecule has 0 radical (unpaired) electrons. The molecule has 1 aliphatic rings. The molecule has 0 saturated heterocycles. The summed E-state index contributed by atoms with van der Waals surface area (Å²) in [6, 6.07) is 0. The third-order valence-corrected chi connectivity index (χ3v) is 3.21. The number of hydrogen-bond acceptors (Lipinski definition) is 2. The van der Waals surface area contributed by atoms with E-state index < -0.39 is 0 Å². The van der Waals surface area contributed by atoms with E-state index in [1.807, 2.05) is 7.05 Å². The Kier molecular flexibility index (Phi) is 2.90. The summed E-state index contributed by atoms with van der Waals surface area (Å²) in [5.41, 5.74) is 0.188. The molecule has 0 aromatic heterocycles. The van der Waals surface area contributed by atoms with Crippen molar-refractivity contribution in [1.82, 2.24) is 5.32 Å². The van der Waals surface area contributed by atoms with E-state index in [1.165, 1.54) is 19.3 Å². The van der Waals surface area contributed by atoms with Crippen molar-refractivity contribution in [2.45, 2.75) is 38.1 Å². The fourth-order valence-electron chi connectivity index (χ4n) is 1.81. The van der Waals surface area contributed by atoms with Gasteiger partial charge in [0.1, 0.15) is 0 Å². The third-order valence-electron chi connectivity index (χ3n) is 3.21. The Labute approximate surface area is 69.0 Å². The molecule has 0 aromatic rings. The monoisotopic (exact) mass is 157 g/mol. The van der Waals surface area contributed by atoms with Crippen molar-refractivity contribution >= 4 is 0 Å². The average Bonchev–Trinajstić information content (AvgIpc) is 1.84. The molecule has 1 unspecified atom stereocenters. The molecule has 2 N–H and O–H groups in total. The van der Waals surface area contributed by atoms with Crippen LogP contribution in [0.2, 0.25) is 0 Å². The molecular formula is C9H19NO. The largest absolute Gasteiger partial charge is 0.396 e. The highest BCUT2D eigenvalue weighted by Gasteiger charge is 2.35. The number of hydrogen-bond donors (Lipinski definition) is 2. The van der Waals surface area contributed by atoms with Crippen molar-refractivity contribution in [2.24, 2.45) is 5.92 Å². The lowest BCUT2D eigenvalue weighted by Crippen LogP contribution is -2.50. The maximum absolute atomic E-state index is 8.86. The van der Waals surface area contributed by atoms with Gasteiger partial charge in [0.15, 0.2) is 0 Å².